The van der Waals surface area contributed by atoms with Crippen LogP contribution in [0.5, 0.6) is 0 Å². The third kappa shape index (κ3) is 4.46. The molecule has 1 atom stereocenters. The maximum Gasteiger partial charge on any atom is 0.0611 e. The monoisotopic (exact) mass is 362 g/mol. The quantitative estimate of drug-likeness (QED) is 0.758. The molecule has 1 saturated heterocycles. The summed E-state index contributed by atoms with van der Waals surface area (Å²) in [5, 5.41) is 6.82. The highest BCUT2D eigenvalue weighted by Crippen LogP contribution is 2.39. The van der Waals surface area contributed by atoms with E-state index in [9.17, 15) is 0 Å². The molecule has 1 aromatic rings. The van der Waals surface area contributed by atoms with E-state index in [-0.39, 0.29) is 0 Å². The van der Waals surface area contributed by atoms with Gasteiger partial charge >= 0.3 is 0 Å². The Balaban J connectivity index is 2.06. The number of hydrogen-bond acceptors (Lipinski definition) is 4. The largest absolute Gasteiger partial charge is 0.386 e. The zero-order valence-corrected chi connectivity index (χ0v) is 16.4. The molecular weight excluding hydrogens is 332 g/mol. The Kier molecular flexibility index (Phi) is 6.80. The molecule has 0 bridgehead atoms. The van der Waals surface area contributed by atoms with Crippen molar-refractivity contribution in [2.45, 2.75) is 19.9 Å². The van der Waals surface area contributed by atoms with Crippen LogP contribution in [0.1, 0.15) is 31.0 Å². The van der Waals surface area contributed by atoms with Crippen molar-refractivity contribution in [1.29, 1.82) is 0 Å². The number of nitrogens with one attached hydrogen (secondary N) is 2. The molecule has 1 unspecified atom stereocenters. The number of hydrogen-bond donors (Lipinski definition) is 2. The standard InChI is InChI=1S/C23H30N4/c1-4-7-20-18(2)16-19(17-26-11-10-24-3)21-8-5-6-9-22(21)23(20)27-14-12-25-13-15-27/h4-11,16,23,25-26H,3,12-15,17H2,1-2H3/b7-4-,11-10-. The predicted octanol–water partition coefficient (Wildman–Crippen LogP) is 3.68. The van der Waals surface area contributed by atoms with Crippen molar-refractivity contribution in [2.75, 3.05) is 32.7 Å². The third-order valence-corrected chi connectivity index (χ3v) is 5.20. The van der Waals surface area contributed by atoms with E-state index >= 15 is 0 Å². The van der Waals surface area contributed by atoms with E-state index in [0.717, 1.165) is 32.7 Å². The van der Waals surface area contributed by atoms with E-state index in [1.165, 1.54) is 27.8 Å². The van der Waals surface area contributed by atoms with Crippen molar-refractivity contribution >= 4 is 12.3 Å². The van der Waals surface area contributed by atoms with Gasteiger partial charge in [-0.25, -0.2) is 0 Å². The molecular formula is C23H30N4. The molecule has 27 heavy (non-hydrogen) atoms. The van der Waals surface area contributed by atoms with Gasteiger partial charge in [-0.3, -0.25) is 9.89 Å². The van der Waals surface area contributed by atoms with Crippen molar-refractivity contribution in [3.63, 3.8) is 0 Å². The molecule has 0 spiro atoms. The second kappa shape index (κ2) is 9.49. The number of fused-ring (bicyclic) bond motifs is 1. The van der Waals surface area contributed by atoms with Gasteiger partial charge in [-0.1, -0.05) is 42.5 Å². The number of allylic oxidation sites excluding steroid dienone is 3. The van der Waals surface area contributed by atoms with Crippen LogP contribution in [0.3, 0.4) is 0 Å². The first-order valence-corrected chi connectivity index (χ1v) is 9.68. The Labute approximate surface area is 163 Å². The number of benzene rings is 1. The fourth-order valence-electron chi connectivity index (χ4n) is 3.99. The van der Waals surface area contributed by atoms with Gasteiger partial charge in [-0.15, -0.1) is 0 Å². The normalized spacial score (nSPS) is 21.3. The van der Waals surface area contributed by atoms with Gasteiger partial charge in [0.2, 0.25) is 0 Å². The lowest BCUT2D eigenvalue weighted by Gasteiger charge is -2.37. The number of piperazine rings is 1. The summed E-state index contributed by atoms with van der Waals surface area (Å²) in [5.74, 6) is 0. The van der Waals surface area contributed by atoms with Crippen molar-refractivity contribution in [2.24, 2.45) is 4.99 Å². The highest BCUT2D eigenvalue weighted by atomic mass is 15.2. The average Bonchev–Trinajstić information content (AvgIpc) is 2.81. The first kappa shape index (κ1) is 19.3. The van der Waals surface area contributed by atoms with Gasteiger partial charge in [-0.2, -0.15) is 0 Å². The van der Waals surface area contributed by atoms with Crippen LogP contribution in [0.25, 0.3) is 5.57 Å². The molecule has 1 fully saturated rings. The van der Waals surface area contributed by atoms with E-state index in [1.807, 2.05) is 6.20 Å². The third-order valence-electron chi connectivity index (χ3n) is 5.20. The van der Waals surface area contributed by atoms with Gasteiger partial charge in [0, 0.05) is 45.1 Å². The minimum atomic E-state index is 0.290. The Morgan fingerprint density at radius 1 is 1.30 bits per heavy atom. The maximum atomic E-state index is 3.76. The topological polar surface area (TPSA) is 39.7 Å². The highest BCUT2D eigenvalue weighted by molar-refractivity contribution is 5.75. The summed E-state index contributed by atoms with van der Waals surface area (Å²) in [6.45, 7) is 12.8. The van der Waals surface area contributed by atoms with Crippen LogP contribution >= 0.6 is 0 Å². The van der Waals surface area contributed by atoms with Crippen LogP contribution in [-0.2, 0) is 0 Å². The Hall–Kier alpha value is -2.43. The molecule has 1 heterocycles. The summed E-state index contributed by atoms with van der Waals surface area (Å²) in [6, 6.07) is 9.13. The van der Waals surface area contributed by atoms with Gasteiger partial charge in [-0.05, 0) is 48.4 Å². The van der Waals surface area contributed by atoms with Crippen LogP contribution < -0.4 is 10.6 Å². The minimum Gasteiger partial charge on any atom is -0.386 e. The molecule has 142 valence electrons. The first-order chi connectivity index (χ1) is 13.3. The smallest absolute Gasteiger partial charge is 0.0611 e. The predicted molar refractivity (Wildman–Crippen MR) is 116 cm³/mol. The summed E-state index contributed by atoms with van der Waals surface area (Å²) in [6.07, 6.45) is 10.3. The van der Waals surface area contributed by atoms with Crippen molar-refractivity contribution in [3.8, 4) is 0 Å². The molecule has 4 nitrogen and oxygen atoms in total. The Bertz CT molecular complexity index is 779. The van der Waals surface area contributed by atoms with E-state index in [4.69, 9.17) is 0 Å². The van der Waals surface area contributed by atoms with Gasteiger partial charge in [0.05, 0.1) is 6.04 Å². The summed E-state index contributed by atoms with van der Waals surface area (Å²) >= 11 is 0. The summed E-state index contributed by atoms with van der Waals surface area (Å²) in [7, 11) is 0. The molecule has 3 rings (SSSR count). The SMILES string of the molecule is C=N/C=C\NCC1=CC(C)=C(/C=C\C)C(N2CCNCC2)c2ccccc21. The first-order valence-electron chi connectivity index (χ1n) is 9.68. The van der Waals surface area contributed by atoms with Crippen molar-refractivity contribution in [1.82, 2.24) is 15.5 Å². The van der Waals surface area contributed by atoms with Gasteiger partial charge in [0.25, 0.3) is 0 Å². The summed E-state index contributed by atoms with van der Waals surface area (Å²) in [5.41, 5.74) is 6.74. The van der Waals surface area contributed by atoms with E-state index < -0.39 is 0 Å². The lowest BCUT2D eigenvalue weighted by molar-refractivity contribution is 0.197. The molecule has 4 heteroatoms. The number of aliphatic imine (C=N–C) groups is 1. The van der Waals surface area contributed by atoms with E-state index in [1.54, 1.807) is 6.20 Å². The maximum absolute atomic E-state index is 3.76. The molecule has 1 aliphatic heterocycles. The number of rotatable bonds is 6. The van der Waals surface area contributed by atoms with Crippen molar-refractivity contribution < 1.29 is 0 Å². The summed E-state index contributed by atoms with van der Waals surface area (Å²) < 4.78 is 0. The van der Waals surface area contributed by atoms with Crippen LogP contribution in [0.4, 0.5) is 0 Å². The van der Waals surface area contributed by atoms with Crippen molar-refractivity contribution in [3.05, 3.63) is 77.2 Å². The van der Waals surface area contributed by atoms with E-state index in [2.05, 4.69) is 83.6 Å². The van der Waals surface area contributed by atoms with Crippen LogP contribution in [0.2, 0.25) is 0 Å². The Morgan fingerprint density at radius 3 is 2.81 bits per heavy atom. The fraction of sp³-hybridized carbons (Fsp3) is 0.348. The minimum absolute atomic E-state index is 0.290. The average molecular weight is 363 g/mol. The second-order valence-corrected chi connectivity index (χ2v) is 6.96. The zero-order valence-electron chi connectivity index (χ0n) is 16.4. The van der Waals surface area contributed by atoms with Crippen LogP contribution in [0.15, 0.2) is 71.0 Å². The van der Waals surface area contributed by atoms with Gasteiger partial charge in [0.15, 0.2) is 0 Å². The molecule has 0 radical (unpaired) electrons. The lowest BCUT2D eigenvalue weighted by atomic mass is 9.90. The van der Waals surface area contributed by atoms with E-state index in [0.29, 0.717) is 6.04 Å². The molecule has 0 aromatic heterocycles. The Morgan fingerprint density at radius 2 is 2.07 bits per heavy atom. The molecule has 2 aliphatic rings. The zero-order chi connectivity index (χ0) is 19.1. The molecule has 2 N–H and O–H groups in total. The lowest BCUT2D eigenvalue weighted by Crippen LogP contribution is -2.45. The molecule has 0 saturated carbocycles. The van der Waals surface area contributed by atoms with Gasteiger partial charge < -0.3 is 10.6 Å². The van der Waals surface area contributed by atoms with Gasteiger partial charge in [0.1, 0.15) is 0 Å². The molecule has 1 aromatic carbocycles. The molecule has 0 amide bonds. The number of nitrogens with zero attached hydrogens (tertiary/aromatic N) is 2. The summed E-state index contributed by atoms with van der Waals surface area (Å²) in [4.78, 5) is 6.37. The van der Waals surface area contributed by atoms with Crippen LogP contribution in [-0.4, -0.2) is 44.3 Å². The second-order valence-electron chi connectivity index (χ2n) is 6.96. The van der Waals surface area contributed by atoms with Crippen LogP contribution in [0, 0.1) is 0 Å². The molecule has 1 aliphatic carbocycles. The fourth-order valence-corrected chi connectivity index (χ4v) is 3.99. The highest BCUT2D eigenvalue weighted by Gasteiger charge is 2.29.